The zero-order chi connectivity index (χ0) is 12.5. The van der Waals surface area contributed by atoms with Gasteiger partial charge in [0.1, 0.15) is 0 Å². The van der Waals surface area contributed by atoms with Gasteiger partial charge in [-0.3, -0.25) is 4.68 Å². The monoisotopic (exact) mass is 248 g/mol. The van der Waals surface area contributed by atoms with Gasteiger partial charge in [0, 0.05) is 43.5 Å². The molecule has 0 aliphatic carbocycles. The number of nitrogens with one attached hydrogen (secondary N) is 1. The molecule has 2 atom stereocenters. The summed E-state index contributed by atoms with van der Waals surface area (Å²) in [4.78, 5) is 2.62. The van der Waals surface area contributed by atoms with Crippen molar-refractivity contribution in [2.45, 2.75) is 56.8 Å². The summed E-state index contributed by atoms with van der Waals surface area (Å²) in [6, 6.07) is 2.31. The predicted octanol–water partition coefficient (Wildman–Crippen LogP) is 1.52. The smallest absolute Gasteiger partial charge is 0.0534 e. The molecule has 1 aromatic heterocycles. The predicted molar refractivity (Wildman–Crippen MR) is 72.3 cm³/mol. The Morgan fingerprint density at radius 1 is 1.28 bits per heavy atom. The van der Waals surface area contributed by atoms with Crippen LogP contribution in [0.15, 0.2) is 12.4 Å². The topological polar surface area (TPSA) is 33.1 Å². The second-order valence-corrected chi connectivity index (χ2v) is 5.98. The molecule has 1 N–H and O–H groups in total. The van der Waals surface area contributed by atoms with E-state index in [1.54, 1.807) is 0 Å². The van der Waals surface area contributed by atoms with Crippen LogP contribution in [0.3, 0.4) is 0 Å². The molecule has 2 unspecified atom stereocenters. The normalized spacial score (nSPS) is 32.7. The highest BCUT2D eigenvalue weighted by Crippen LogP contribution is 2.32. The van der Waals surface area contributed by atoms with Gasteiger partial charge in [0.05, 0.1) is 6.20 Å². The van der Waals surface area contributed by atoms with Crippen LogP contribution in [0.4, 0.5) is 0 Å². The molecule has 2 aliphatic rings. The van der Waals surface area contributed by atoms with Gasteiger partial charge in [-0.15, -0.1) is 0 Å². The number of fused-ring (bicyclic) bond motifs is 2. The molecule has 100 valence electrons. The molecule has 0 amide bonds. The Balaban J connectivity index is 1.55. The number of nitrogens with zero attached hydrogens (tertiary/aromatic N) is 3. The van der Waals surface area contributed by atoms with Crippen molar-refractivity contribution in [2.24, 2.45) is 7.05 Å². The van der Waals surface area contributed by atoms with E-state index in [-0.39, 0.29) is 0 Å². The molecule has 4 nitrogen and oxygen atoms in total. The van der Waals surface area contributed by atoms with Crippen molar-refractivity contribution in [1.82, 2.24) is 20.0 Å². The van der Waals surface area contributed by atoms with E-state index in [2.05, 4.69) is 28.6 Å². The van der Waals surface area contributed by atoms with Gasteiger partial charge in [0.15, 0.2) is 0 Å². The van der Waals surface area contributed by atoms with Crippen LogP contribution in [-0.4, -0.2) is 39.9 Å². The van der Waals surface area contributed by atoms with Crippen molar-refractivity contribution in [3.8, 4) is 0 Å². The zero-order valence-corrected chi connectivity index (χ0v) is 11.5. The van der Waals surface area contributed by atoms with Crippen molar-refractivity contribution in [2.75, 3.05) is 7.05 Å². The minimum Gasteiger partial charge on any atom is -0.310 e. The summed E-state index contributed by atoms with van der Waals surface area (Å²) in [7, 11) is 4.29. The number of piperidine rings is 2. The van der Waals surface area contributed by atoms with Gasteiger partial charge in [-0.25, -0.2) is 0 Å². The molecule has 18 heavy (non-hydrogen) atoms. The lowest BCUT2D eigenvalue weighted by molar-refractivity contribution is 0.0482. The Bertz CT molecular complexity index is 386. The highest BCUT2D eigenvalue weighted by molar-refractivity contribution is 5.04. The minimum atomic E-state index is 0.691. The molecule has 0 spiro atoms. The van der Waals surface area contributed by atoms with Crippen LogP contribution in [0.5, 0.6) is 0 Å². The van der Waals surface area contributed by atoms with E-state index in [4.69, 9.17) is 0 Å². The number of hydrogen-bond acceptors (Lipinski definition) is 3. The first kappa shape index (κ1) is 12.2. The molecule has 1 aromatic rings. The Morgan fingerprint density at radius 3 is 2.61 bits per heavy atom. The van der Waals surface area contributed by atoms with E-state index in [0.717, 1.165) is 18.6 Å². The SMILES string of the molecule is CN1C2CCCC1CC(NCc1cnn(C)c1)C2. The first-order valence-corrected chi connectivity index (χ1v) is 7.15. The number of hydrogen-bond donors (Lipinski definition) is 1. The third-order valence-corrected chi connectivity index (χ3v) is 4.69. The summed E-state index contributed by atoms with van der Waals surface area (Å²) >= 11 is 0. The lowest BCUT2D eigenvalue weighted by Crippen LogP contribution is -2.54. The van der Waals surface area contributed by atoms with Gasteiger partial charge >= 0.3 is 0 Å². The lowest BCUT2D eigenvalue weighted by atomic mass is 9.82. The van der Waals surface area contributed by atoms with Crippen LogP contribution in [-0.2, 0) is 13.6 Å². The minimum absolute atomic E-state index is 0.691. The van der Waals surface area contributed by atoms with Crippen LogP contribution in [0.2, 0.25) is 0 Å². The van der Waals surface area contributed by atoms with Gasteiger partial charge in [-0.05, 0) is 32.7 Å². The van der Waals surface area contributed by atoms with Gasteiger partial charge in [-0.2, -0.15) is 5.10 Å². The maximum absolute atomic E-state index is 4.22. The maximum atomic E-state index is 4.22. The number of aryl methyl sites for hydroxylation is 1. The third-order valence-electron chi connectivity index (χ3n) is 4.69. The van der Waals surface area contributed by atoms with E-state index in [1.165, 1.54) is 37.7 Å². The van der Waals surface area contributed by atoms with Crippen molar-refractivity contribution in [3.05, 3.63) is 18.0 Å². The molecule has 2 fully saturated rings. The Morgan fingerprint density at radius 2 is 2.00 bits per heavy atom. The van der Waals surface area contributed by atoms with Crippen LogP contribution in [0.1, 0.15) is 37.7 Å². The quantitative estimate of drug-likeness (QED) is 0.880. The largest absolute Gasteiger partial charge is 0.310 e. The molecule has 4 heteroatoms. The second-order valence-electron chi connectivity index (χ2n) is 5.98. The van der Waals surface area contributed by atoms with E-state index in [1.807, 2.05) is 17.9 Å². The number of rotatable bonds is 3. The second kappa shape index (κ2) is 5.02. The molecule has 2 bridgehead atoms. The first-order valence-electron chi connectivity index (χ1n) is 7.15. The van der Waals surface area contributed by atoms with E-state index in [0.29, 0.717) is 6.04 Å². The van der Waals surface area contributed by atoms with Gasteiger partial charge in [0.25, 0.3) is 0 Å². The molecular formula is C14H24N4. The molecule has 2 aliphatic heterocycles. The zero-order valence-electron chi connectivity index (χ0n) is 11.5. The van der Waals surface area contributed by atoms with Crippen LogP contribution in [0, 0.1) is 0 Å². The summed E-state index contributed by atoms with van der Waals surface area (Å²) in [6.07, 6.45) is 10.9. The van der Waals surface area contributed by atoms with Gasteiger partial charge in [0.2, 0.25) is 0 Å². The standard InChI is InChI=1S/C14H24N4/c1-17-10-11(9-16-17)8-15-12-6-13-4-3-5-14(7-12)18(13)2/h9-10,12-15H,3-8H2,1-2H3. The highest BCUT2D eigenvalue weighted by atomic mass is 15.2. The van der Waals surface area contributed by atoms with Crippen molar-refractivity contribution >= 4 is 0 Å². The molecular weight excluding hydrogens is 224 g/mol. The molecule has 2 saturated heterocycles. The summed E-state index contributed by atoms with van der Waals surface area (Å²) in [6.45, 7) is 0.960. The van der Waals surface area contributed by atoms with Crippen molar-refractivity contribution < 1.29 is 0 Å². The Labute approximate surface area is 109 Å². The third kappa shape index (κ3) is 2.45. The van der Waals surface area contributed by atoms with Gasteiger partial charge < -0.3 is 10.2 Å². The summed E-state index contributed by atoms with van der Waals surface area (Å²) in [5, 5.41) is 7.94. The average Bonchev–Trinajstić information content (AvgIpc) is 2.73. The van der Waals surface area contributed by atoms with Crippen LogP contribution >= 0.6 is 0 Å². The molecule has 0 aromatic carbocycles. The first-order chi connectivity index (χ1) is 8.72. The fourth-order valence-electron chi connectivity index (χ4n) is 3.61. The van der Waals surface area contributed by atoms with E-state index >= 15 is 0 Å². The Hall–Kier alpha value is -0.870. The lowest BCUT2D eigenvalue weighted by Gasteiger charge is -2.47. The summed E-state index contributed by atoms with van der Waals surface area (Å²) in [5.74, 6) is 0. The fourth-order valence-corrected chi connectivity index (χ4v) is 3.61. The van der Waals surface area contributed by atoms with E-state index < -0.39 is 0 Å². The molecule has 3 heterocycles. The molecule has 3 rings (SSSR count). The Kier molecular flexibility index (Phi) is 3.39. The van der Waals surface area contributed by atoms with Gasteiger partial charge in [-0.1, -0.05) is 6.42 Å². The van der Waals surface area contributed by atoms with Crippen LogP contribution < -0.4 is 5.32 Å². The molecule has 0 saturated carbocycles. The fraction of sp³-hybridized carbons (Fsp3) is 0.786. The summed E-state index contributed by atoms with van der Waals surface area (Å²) in [5.41, 5.74) is 1.29. The van der Waals surface area contributed by atoms with Crippen molar-refractivity contribution in [1.29, 1.82) is 0 Å². The highest BCUT2D eigenvalue weighted by Gasteiger charge is 2.35. The average molecular weight is 248 g/mol. The maximum Gasteiger partial charge on any atom is 0.0534 e. The van der Waals surface area contributed by atoms with E-state index in [9.17, 15) is 0 Å². The van der Waals surface area contributed by atoms with Crippen molar-refractivity contribution in [3.63, 3.8) is 0 Å². The molecule has 0 radical (unpaired) electrons. The number of aromatic nitrogens is 2. The van der Waals surface area contributed by atoms with Crippen LogP contribution in [0.25, 0.3) is 0 Å². The summed E-state index contributed by atoms with van der Waals surface area (Å²) < 4.78 is 1.88.